The zero-order valence-corrected chi connectivity index (χ0v) is 10.3. The van der Waals surface area contributed by atoms with E-state index in [1.807, 2.05) is 26.0 Å². The minimum Gasteiger partial charge on any atom is -0.496 e. The van der Waals surface area contributed by atoms with Crippen molar-refractivity contribution >= 4 is 16.6 Å². The maximum atomic E-state index is 11.7. The van der Waals surface area contributed by atoms with Gasteiger partial charge in [0.05, 0.1) is 7.11 Å². The number of aromatic nitrogens is 1. The molecule has 1 aromatic heterocycles. The van der Waals surface area contributed by atoms with Crippen molar-refractivity contribution in [1.82, 2.24) is 4.98 Å². The van der Waals surface area contributed by atoms with E-state index >= 15 is 0 Å². The molecule has 0 bridgehead atoms. The van der Waals surface area contributed by atoms with Crippen LogP contribution in [0.25, 0.3) is 10.8 Å². The monoisotopic (exact) mass is 229 g/mol. The molecule has 17 heavy (non-hydrogen) atoms. The van der Waals surface area contributed by atoms with E-state index in [2.05, 4.69) is 4.98 Å². The number of nitrogens with zero attached hydrogens (tertiary/aromatic N) is 1. The highest BCUT2D eigenvalue weighted by molar-refractivity contribution is 6.01. The molecular weight excluding hydrogens is 214 g/mol. The number of fused-ring (bicyclic) bond motifs is 1. The van der Waals surface area contributed by atoms with Crippen LogP contribution in [0.3, 0.4) is 0 Å². The molecule has 0 aliphatic heterocycles. The first-order valence-corrected chi connectivity index (χ1v) is 5.63. The summed E-state index contributed by atoms with van der Waals surface area (Å²) >= 11 is 0. The molecule has 0 radical (unpaired) electrons. The van der Waals surface area contributed by atoms with Gasteiger partial charge in [-0.3, -0.25) is 9.78 Å². The summed E-state index contributed by atoms with van der Waals surface area (Å²) in [4.78, 5) is 16.0. The Hall–Kier alpha value is -1.90. The van der Waals surface area contributed by atoms with Crippen LogP contribution >= 0.6 is 0 Å². The van der Waals surface area contributed by atoms with E-state index in [4.69, 9.17) is 4.74 Å². The van der Waals surface area contributed by atoms with Gasteiger partial charge in [-0.1, -0.05) is 6.92 Å². The van der Waals surface area contributed by atoms with E-state index in [1.165, 1.54) is 0 Å². The Labute approximate surface area is 100 Å². The highest BCUT2D eigenvalue weighted by Crippen LogP contribution is 2.27. The molecule has 1 aromatic carbocycles. The Morgan fingerprint density at radius 2 is 2.12 bits per heavy atom. The Kier molecular flexibility index (Phi) is 3.09. The summed E-state index contributed by atoms with van der Waals surface area (Å²) in [6.07, 6.45) is 2.28. The first-order valence-electron chi connectivity index (χ1n) is 5.63. The fourth-order valence-electron chi connectivity index (χ4n) is 1.87. The summed E-state index contributed by atoms with van der Waals surface area (Å²) in [6.45, 7) is 3.79. The lowest BCUT2D eigenvalue weighted by atomic mass is 10.0. The molecule has 0 N–H and O–H groups in total. The van der Waals surface area contributed by atoms with E-state index in [9.17, 15) is 4.79 Å². The fraction of sp³-hybridized carbons (Fsp3) is 0.286. The third-order valence-electron chi connectivity index (χ3n) is 2.80. The molecule has 0 aliphatic carbocycles. The molecule has 3 nitrogen and oxygen atoms in total. The van der Waals surface area contributed by atoms with E-state index in [0.29, 0.717) is 17.7 Å². The molecule has 88 valence electrons. The number of carbonyl (C=O) groups is 1. The predicted molar refractivity (Wildman–Crippen MR) is 67.7 cm³/mol. The normalized spacial score (nSPS) is 10.5. The summed E-state index contributed by atoms with van der Waals surface area (Å²) < 4.78 is 5.31. The number of ketones is 1. The first-order chi connectivity index (χ1) is 8.15. The molecular formula is C14H15NO2. The average molecular weight is 229 g/mol. The molecule has 0 saturated carbocycles. The van der Waals surface area contributed by atoms with Gasteiger partial charge in [0.15, 0.2) is 5.78 Å². The van der Waals surface area contributed by atoms with E-state index in [-0.39, 0.29) is 5.78 Å². The lowest BCUT2D eigenvalue weighted by molar-refractivity contribution is 0.0988. The molecule has 0 fully saturated rings. The Morgan fingerprint density at radius 1 is 1.35 bits per heavy atom. The molecule has 0 spiro atoms. The molecule has 1 heterocycles. The predicted octanol–water partition coefficient (Wildman–Crippen LogP) is 3.14. The van der Waals surface area contributed by atoms with Gasteiger partial charge in [0, 0.05) is 29.3 Å². The van der Waals surface area contributed by atoms with Gasteiger partial charge < -0.3 is 4.74 Å². The third kappa shape index (κ3) is 2.13. The van der Waals surface area contributed by atoms with Gasteiger partial charge in [0.1, 0.15) is 5.75 Å². The summed E-state index contributed by atoms with van der Waals surface area (Å²) in [6, 6.07) is 5.65. The Balaban J connectivity index is 2.71. The molecule has 2 rings (SSSR count). The molecule has 0 unspecified atom stereocenters. The van der Waals surface area contributed by atoms with Crippen LogP contribution < -0.4 is 4.74 Å². The van der Waals surface area contributed by atoms with Crippen molar-refractivity contribution in [2.45, 2.75) is 20.3 Å². The van der Waals surface area contributed by atoms with Crippen molar-refractivity contribution in [2.24, 2.45) is 0 Å². The smallest absolute Gasteiger partial charge is 0.162 e. The van der Waals surface area contributed by atoms with Crippen LogP contribution in [0.2, 0.25) is 0 Å². The number of Topliss-reactive ketones (excluding diaryl/α,β-unsaturated/α-hetero) is 1. The second-order valence-electron chi connectivity index (χ2n) is 4.00. The summed E-state index contributed by atoms with van der Waals surface area (Å²) in [5.41, 5.74) is 1.63. The number of ether oxygens (including phenoxy) is 1. The SMILES string of the molecule is CCC(=O)c1cc(OC)c2cnc(C)cc2c1. The van der Waals surface area contributed by atoms with Crippen LogP contribution in [0.4, 0.5) is 0 Å². The van der Waals surface area contributed by atoms with E-state index in [0.717, 1.165) is 16.5 Å². The van der Waals surface area contributed by atoms with Gasteiger partial charge in [0.2, 0.25) is 0 Å². The molecule has 0 atom stereocenters. The van der Waals surface area contributed by atoms with Crippen molar-refractivity contribution in [3.63, 3.8) is 0 Å². The standard InChI is InChI=1S/C14H15NO2/c1-4-13(16)11-6-10-5-9(2)15-8-12(10)14(7-11)17-3/h5-8H,4H2,1-3H3. The van der Waals surface area contributed by atoms with Gasteiger partial charge in [-0.2, -0.15) is 0 Å². The largest absolute Gasteiger partial charge is 0.496 e. The third-order valence-corrected chi connectivity index (χ3v) is 2.80. The van der Waals surface area contributed by atoms with Crippen LogP contribution in [0, 0.1) is 6.92 Å². The van der Waals surface area contributed by atoms with Gasteiger partial charge >= 0.3 is 0 Å². The lowest BCUT2D eigenvalue weighted by Crippen LogP contribution is -1.98. The Bertz CT molecular complexity index is 576. The first kappa shape index (κ1) is 11.6. The van der Waals surface area contributed by atoms with Gasteiger partial charge in [-0.25, -0.2) is 0 Å². The number of carbonyl (C=O) groups excluding carboxylic acids is 1. The van der Waals surface area contributed by atoms with Crippen LogP contribution in [0.1, 0.15) is 29.4 Å². The number of methoxy groups -OCH3 is 1. The van der Waals surface area contributed by atoms with Crippen molar-refractivity contribution in [1.29, 1.82) is 0 Å². The average Bonchev–Trinajstić information content (AvgIpc) is 2.35. The second kappa shape index (κ2) is 4.53. The zero-order chi connectivity index (χ0) is 12.4. The minimum atomic E-state index is 0.125. The van der Waals surface area contributed by atoms with Crippen molar-refractivity contribution in [3.05, 3.63) is 35.7 Å². The van der Waals surface area contributed by atoms with Crippen molar-refractivity contribution in [2.75, 3.05) is 7.11 Å². The number of hydrogen-bond donors (Lipinski definition) is 0. The Morgan fingerprint density at radius 3 is 2.76 bits per heavy atom. The van der Waals surface area contributed by atoms with E-state index < -0.39 is 0 Å². The molecule has 0 aliphatic rings. The topological polar surface area (TPSA) is 39.2 Å². The fourth-order valence-corrected chi connectivity index (χ4v) is 1.87. The molecule has 0 amide bonds. The maximum Gasteiger partial charge on any atom is 0.162 e. The summed E-state index contributed by atoms with van der Waals surface area (Å²) in [7, 11) is 1.61. The highest BCUT2D eigenvalue weighted by atomic mass is 16.5. The molecule has 3 heteroatoms. The van der Waals surface area contributed by atoms with Crippen LogP contribution in [0.5, 0.6) is 5.75 Å². The van der Waals surface area contributed by atoms with Crippen LogP contribution in [-0.2, 0) is 0 Å². The summed E-state index contributed by atoms with van der Waals surface area (Å²) in [5.74, 6) is 0.825. The quantitative estimate of drug-likeness (QED) is 0.759. The number of aryl methyl sites for hydroxylation is 1. The van der Waals surface area contributed by atoms with Crippen molar-refractivity contribution in [3.8, 4) is 5.75 Å². The molecule has 0 saturated heterocycles. The number of hydrogen-bond acceptors (Lipinski definition) is 3. The number of pyridine rings is 1. The molecule has 2 aromatic rings. The maximum absolute atomic E-state index is 11.7. The zero-order valence-electron chi connectivity index (χ0n) is 10.3. The number of rotatable bonds is 3. The van der Waals surface area contributed by atoms with E-state index in [1.54, 1.807) is 19.4 Å². The summed E-state index contributed by atoms with van der Waals surface area (Å²) in [5, 5.41) is 1.93. The van der Waals surface area contributed by atoms with Crippen LogP contribution in [0.15, 0.2) is 24.4 Å². The lowest BCUT2D eigenvalue weighted by Gasteiger charge is -2.08. The van der Waals surface area contributed by atoms with Gasteiger partial charge in [0.25, 0.3) is 0 Å². The number of benzene rings is 1. The van der Waals surface area contributed by atoms with Gasteiger partial charge in [-0.15, -0.1) is 0 Å². The van der Waals surface area contributed by atoms with Crippen LogP contribution in [-0.4, -0.2) is 17.9 Å². The van der Waals surface area contributed by atoms with Gasteiger partial charge in [-0.05, 0) is 30.5 Å². The highest BCUT2D eigenvalue weighted by Gasteiger charge is 2.09. The minimum absolute atomic E-state index is 0.125. The second-order valence-corrected chi connectivity index (χ2v) is 4.00. The van der Waals surface area contributed by atoms with Crippen molar-refractivity contribution < 1.29 is 9.53 Å².